The van der Waals surface area contributed by atoms with Gasteiger partial charge in [-0.25, -0.2) is 0 Å². The standard InChI is InChI=1S/C12H15BClFO2/c14-8-2-1-3-11(12(16)17)9-4-6-10(13-15)7-5-9/h4-7,11,13H,1-3,8H2,(H,16,17). The first-order valence-electron chi connectivity index (χ1n) is 5.62. The second kappa shape index (κ2) is 7.33. The summed E-state index contributed by atoms with van der Waals surface area (Å²) in [7, 11) is -0.524. The Hall–Kier alpha value is -1.03. The number of carboxylic acid groups (broad SMARTS) is 1. The van der Waals surface area contributed by atoms with E-state index >= 15 is 0 Å². The van der Waals surface area contributed by atoms with Gasteiger partial charge < -0.3 is 9.42 Å². The van der Waals surface area contributed by atoms with E-state index in [2.05, 4.69) is 0 Å². The zero-order chi connectivity index (χ0) is 12.7. The molecule has 92 valence electrons. The minimum Gasteiger partial charge on any atom is -0.481 e. The molecule has 0 aliphatic heterocycles. The van der Waals surface area contributed by atoms with Crippen LogP contribution in [0.4, 0.5) is 4.32 Å². The molecule has 0 amide bonds. The Labute approximate surface area is 106 Å². The zero-order valence-corrected chi connectivity index (χ0v) is 10.3. The summed E-state index contributed by atoms with van der Waals surface area (Å²) in [5, 5.41) is 9.15. The molecule has 0 fully saturated rings. The van der Waals surface area contributed by atoms with Crippen LogP contribution in [0.3, 0.4) is 0 Å². The van der Waals surface area contributed by atoms with Gasteiger partial charge in [0.1, 0.15) is 0 Å². The number of hydrogen-bond acceptors (Lipinski definition) is 1. The summed E-state index contributed by atoms with van der Waals surface area (Å²) >= 11 is 5.56. The van der Waals surface area contributed by atoms with Gasteiger partial charge in [-0.15, -0.1) is 11.6 Å². The highest BCUT2D eigenvalue weighted by Crippen LogP contribution is 2.22. The third kappa shape index (κ3) is 4.39. The molecule has 0 radical (unpaired) electrons. The quantitative estimate of drug-likeness (QED) is 0.461. The van der Waals surface area contributed by atoms with Crippen LogP contribution < -0.4 is 5.46 Å². The third-order valence-corrected chi connectivity index (χ3v) is 2.98. The van der Waals surface area contributed by atoms with E-state index in [0.717, 1.165) is 18.4 Å². The van der Waals surface area contributed by atoms with Gasteiger partial charge in [0.2, 0.25) is 0 Å². The van der Waals surface area contributed by atoms with E-state index in [1.54, 1.807) is 24.3 Å². The van der Waals surface area contributed by atoms with Crippen molar-refractivity contribution in [3.05, 3.63) is 29.8 Å². The van der Waals surface area contributed by atoms with Gasteiger partial charge in [-0.3, -0.25) is 4.79 Å². The van der Waals surface area contributed by atoms with Gasteiger partial charge in [-0.05, 0) is 23.9 Å². The number of rotatable bonds is 7. The molecule has 0 aromatic heterocycles. The van der Waals surface area contributed by atoms with Crippen LogP contribution in [-0.4, -0.2) is 24.5 Å². The van der Waals surface area contributed by atoms with Gasteiger partial charge in [-0.2, -0.15) is 0 Å². The Kier molecular flexibility index (Phi) is 6.05. The van der Waals surface area contributed by atoms with Gasteiger partial charge >= 0.3 is 13.5 Å². The van der Waals surface area contributed by atoms with Crippen molar-refractivity contribution in [2.75, 3.05) is 5.88 Å². The molecule has 1 aromatic rings. The molecule has 1 unspecified atom stereocenters. The van der Waals surface area contributed by atoms with Crippen LogP contribution in [0.1, 0.15) is 30.7 Å². The fourth-order valence-corrected chi connectivity index (χ4v) is 1.90. The number of halogens is 2. The maximum atomic E-state index is 12.3. The lowest BCUT2D eigenvalue weighted by Crippen LogP contribution is -2.14. The normalized spacial score (nSPS) is 12.1. The van der Waals surface area contributed by atoms with Crippen LogP contribution in [0.15, 0.2) is 24.3 Å². The van der Waals surface area contributed by atoms with Gasteiger partial charge in [0.15, 0.2) is 0 Å². The highest BCUT2D eigenvalue weighted by molar-refractivity contribution is 6.46. The Balaban J connectivity index is 2.71. The molecule has 0 aliphatic carbocycles. The molecule has 1 N–H and O–H groups in total. The average molecular weight is 257 g/mol. The van der Waals surface area contributed by atoms with Crippen LogP contribution in [0.25, 0.3) is 0 Å². The number of carboxylic acids is 1. The van der Waals surface area contributed by atoms with Crippen LogP contribution >= 0.6 is 11.6 Å². The Morgan fingerprint density at radius 2 is 2.00 bits per heavy atom. The summed E-state index contributed by atoms with van der Waals surface area (Å²) in [4.78, 5) is 11.1. The first kappa shape index (κ1) is 14.0. The smallest absolute Gasteiger partial charge is 0.364 e. The fraction of sp³-hybridized carbons (Fsp3) is 0.417. The number of aliphatic carboxylic acids is 1. The van der Waals surface area contributed by atoms with Gasteiger partial charge in [0, 0.05) is 5.88 Å². The van der Waals surface area contributed by atoms with E-state index in [0.29, 0.717) is 17.8 Å². The van der Waals surface area contributed by atoms with Gasteiger partial charge in [0.25, 0.3) is 0 Å². The van der Waals surface area contributed by atoms with Crippen molar-refractivity contribution in [2.24, 2.45) is 0 Å². The lowest BCUT2D eigenvalue weighted by molar-refractivity contribution is -0.139. The fourth-order valence-electron chi connectivity index (χ4n) is 1.71. The number of unbranched alkanes of at least 4 members (excludes halogenated alkanes) is 1. The van der Waals surface area contributed by atoms with Crippen molar-refractivity contribution in [3.8, 4) is 0 Å². The predicted molar refractivity (Wildman–Crippen MR) is 69.3 cm³/mol. The molecule has 2 nitrogen and oxygen atoms in total. The van der Waals surface area contributed by atoms with Crippen molar-refractivity contribution in [3.63, 3.8) is 0 Å². The molecule has 0 aliphatic rings. The van der Waals surface area contributed by atoms with Crippen LogP contribution in [-0.2, 0) is 4.79 Å². The van der Waals surface area contributed by atoms with E-state index in [4.69, 9.17) is 16.7 Å². The minimum atomic E-state index is -0.840. The maximum absolute atomic E-state index is 12.3. The number of carbonyl (C=O) groups is 1. The summed E-state index contributed by atoms with van der Waals surface area (Å²) in [6.07, 6.45) is 2.16. The van der Waals surface area contributed by atoms with Crippen molar-refractivity contribution in [1.29, 1.82) is 0 Å². The van der Waals surface area contributed by atoms with Crippen LogP contribution in [0.5, 0.6) is 0 Å². The van der Waals surface area contributed by atoms with Crippen molar-refractivity contribution >= 4 is 30.6 Å². The monoisotopic (exact) mass is 256 g/mol. The summed E-state index contributed by atoms with van der Waals surface area (Å²) in [6.45, 7) is 0. The summed E-state index contributed by atoms with van der Waals surface area (Å²) in [5.74, 6) is -0.813. The molecule has 5 heteroatoms. The molecular formula is C12H15BClFO2. The first-order valence-corrected chi connectivity index (χ1v) is 6.16. The maximum Gasteiger partial charge on any atom is 0.364 e. The lowest BCUT2D eigenvalue weighted by Gasteiger charge is -2.12. The SMILES string of the molecule is O=C(O)C(CCCCCl)c1ccc(BF)cc1. The molecule has 17 heavy (non-hydrogen) atoms. The average Bonchev–Trinajstić information content (AvgIpc) is 2.34. The molecule has 1 rings (SSSR count). The number of alkyl halides is 1. The van der Waals surface area contributed by atoms with Crippen LogP contribution in [0, 0.1) is 0 Å². The lowest BCUT2D eigenvalue weighted by atomic mass is 9.87. The molecule has 0 heterocycles. The summed E-state index contributed by atoms with van der Waals surface area (Å²) in [6, 6.07) is 6.64. The number of benzene rings is 1. The Bertz CT molecular complexity index is 356. The van der Waals surface area contributed by atoms with E-state index in [-0.39, 0.29) is 0 Å². The topological polar surface area (TPSA) is 37.3 Å². The summed E-state index contributed by atoms with van der Waals surface area (Å²) < 4.78 is 12.3. The van der Waals surface area contributed by atoms with E-state index < -0.39 is 19.4 Å². The second-order valence-corrected chi connectivity index (χ2v) is 4.33. The Morgan fingerprint density at radius 1 is 1.35 bits per heavy atom. The highest BCUT2D eigenvalue weighted by atomic mass is 35.5. The van der Waals surface area contributed by atoms with Gasteiger partial charge in [-0.1, -0.05) is 30.7 Å². The van der Waals surface area contributed by atoms with Crippen LogP contribution in [0.2, 0.25) is 0 Å². The first-order chi connectivity index (χ1) is 8.19. The number of hydrogen-bond donors (Lipinski definition) is 1. The van der Waals surface area contributed by atoms with E-state index in [9.17, 15) is 9.11 Å². The molecular weight excluding hydrogens is 241 g/mol. The van der Waals surface area contributed by atoms with Crippen molar-refractivity contribution in [2.45, 2.75) is 25.2 Å². The second-order valence-electron chi connectivity index (χ2n) is 3.95. The summed E-state index contributed by atoms with van der Waals surface area (Å²) in [5.41, 5.74) is 1.29. The minimum absolute atomic E-state index is 0.521. The molecule has 0 bridgehead atoms. The zero-order valence-electron chi connectivity index (χ0n) is 9.53. The largest absolute Gasteiger partial charge is 0.481 e. The van der Waals surface area contributed by atoms with E-state index in [1.807, 2.05) is 0 Å². The van der Waals surface area contributed by atoms with E-state index in [1.165, 1.54) is 0 Å². The Morgan fingerprint density at radius 3 is 2.47 bits per heavy atom. The predicted octanol–water partition coefficient (Wildman–Crippen LogP) is 2.21. The third-order valence-electron chi connectivity index (χ3n) is 2.71. The van der Waals surface area contributed by atoms with Crippen molar-refractivity contribution in [1.82, 2.24) is 0 Å². The molecule has 1 aromatic carbocycles. The molecule has 1 atom stereocenters. The van der Waals surface area contributed by atoms with Crippen molar-refractivity contribution < 1.29 is 14.2 Å². The molecule has 0 spiro atoms. The highest BCUT2D eigenvalue weighted by Gasteiger charge is 2.19. The molecule has 0 saturated heterocycles. The van der Waals surface area contributed by atoms with Gasteiger partial charge in [0.05, 0.1) is 5.92 Å². The molecule has 0 saturated carbocycles.